The number of sulfonamides is 1. The summed E-state index contributed by atoms with van der Waals surface area (Å²) in [6.07, 6.45) is 1.24. The van der Waals surface area contributed by atoms with Crippen LogP contribution >= 0.6 is 0 Å². The second-order valence-corrected chi connectivity index (χ2v) is 9.14. The molecule has 1 N–H and O–H groups in total. The minimum Gasteiger partial charge on any atom is -0.327 e. The molecule has 0 bridgehead atoms. The van der Waals surface area contributed by atoms with Gasteiger partial charge in [-0.15, -0.1) is 0 Å². The van der Waals surface area contributed by atoms with E-state index in [1.165, 1.54) is 6.26 Å². The molecule has 0 aliphatic carbocycles. The Labute approximate surface area is 150 Å². The van der Waals surface area contributed by atoms with Crippen molar-refractivity contribution in [3.8, 4) is 0 Å². The normalized spacial score (nSPS) is 22.3. The number of rotatable bonds is 6. The summed E-state index contributed by atoms with van der Waals surface area (Å²) in [5.74, 6) is 1.79. The number of hydrogen-bond acceptors (Lipinski definition) is 4. The molecular formula is C18H28N4O2S. The van der Waals surface area contributed by atoms with Crippen LogP contribution in [-0.4, -0.2) is 48.3 Å². The number of aryl methyl sites for hydroxylation is 1. The van der Waals surface area contributed by atoms with Crippen molar-refractivity contribution < 1.29 is 8.42 Å². The van der Waals surface area contributed by atoms with E-state index in [0.29, 0.717) is 11.8 Å². The van der Waals surface area contributed by atoms with Crippen LogP contribution in [0.1, 0.15) is 26.6 Å². The lowest BCUT2D eigenvalue weighted by Gasteiger charge is -2.21. The predicted octanol–water partition coefficient (Wildman–Crippen LogP) is 2.06. The van der Waals surface area contributed by atoms with E-state index in [-0.39, 0.29) is 6.04 Å². The Balaban J connectivity index is 1.81. The molecule has 6 nitrogen and oxygen atoms in total. The van der Waals surface area contributed by atoms with Gasteiger partial charge in [-0.05, 0) is 30.9 Å². The summed E-state index contributed by atoms with van der Waals surface area (Å²) in [5, 5.41) is 0. The molecule has 1 aliphatic heterocycles. The van der Waals surface area contributed by atoms with Gasteiger partial charge >= 0.3 is 0 Å². The number of hydrogen-bond donors (Lipinski definition) is 1. The predicted molar refractivity (Wildman–Crippen MR) is 101 cm³/mol. The molecule has 2 aromatic rings. The zero-order chi connectivity index (χ0) is 18.2. The zero-order valence-electron chi connectivity index (χ0n) is 15.4. The first-order valence-corrected chi connectivity index (χ1v) is 10.8. The maximum Gasteiger partial charge on any atom is 0.209 e. The van der Waals surface area contributed by atoms with Gasteiger partial charge in [0.25, 0.3) is 0 Å². The summed E-state index contributed by atoms with van der Waals surface area (Å²) in [6.45, 7) is 9.68. The largest absolute Gasteiger partial charge is 0.327 e. The molecule has 0 amide bonds. The van der Waals surface area contributed by atoms with Crippen LogP contribution in [0.25, 0.3) is 11.0 Å². The van der Waals surface area contributed by atoms with E-state index in [4.69, 9.17) is 4.98 Å². The Morgan fingerprint density at radius 3 is 2.64 bits per heavy atom. The van der Waals surface area contributed by atoms with Crippen LogP contribution in [-0.2, 0) is 23.1 Å². The number of nitrogens with zero attached hydrogens (tertiary/aromatic N) is 3. The van der Waals surface area contributed by atoms with Gasteiger partial charge in [-0.25, -0.2) is 18.1 Å². The molecule has 138 valence electrons. The quantitative estimate of drug-likeness (QED) is 0.852. The van der Waals surface area contributed by atoms with E-state index in [0.717, 1.165) is 43.0 Å². The molecule has 2 atom stereocenters. The second-order valence-electron chi connectivity index (χ2n) is 7.36. The van der Waals surface area contributed by atoms with Crippen LogP contribution in [0.15, 0.2) is 24.3 Å². The molecule has 2 heterocycles. The standard InChI is InChI=1S/C18H28N4O2S/c1-5-22-17-9-7-6-8-15(17)19-18(22)12-21-10-14(13(2)3)16(11-21)20-25(4,23)24/h6-9,13-14,16,20H,5,10-12H2,1-4H3. The Hall–Kier alpha value is -1.44. The van der Waals surface area contributed by atoms with E-state index in [1.54, 1.807) is 0 Å². The Kier molecular flexibility index (Phi) is 5.18. The monoisotopic (exact) mass is 364 g/mol. The molecular weight excluding hydrogens is 336 g/mol. The highest BCUT2D eigenvalue weighted by Gasteiger charge is 2.36. The van der Waals surface area contributed by atoms with Crippen LogP contribution in [0.3, 0.4) is 0 Å². The van der Waals surface area contributed by atoms with Crippen molar-refractivity contribution in [1.29, 1.82) is 0 Å². The van der Waals surface area contributed by atoms with E-state index in [2.05, 4.69) is 41.0 Å². The average molecular weight is 365 g/mol. The minimum absolute atomic E-state index is 0.0329. The lowest BCUT2D eigenvalue weighted by Crippen LogP contribution is -2.41. The first-order valence-electron chi connectivity index (χ1n) is 8.92. The third-order valence-electron chi connectivity index (χ3n) is 5.08. The molecule has 1 saturated heterocycles. The minimum atomic E-state index is -3.20. The number of aromatic nitrogens is 2. The van der Waals surface area contributed by atoms with Gasteiger partial charge in [0.15, 0.2) is 0 Å². The highest BCUT2D eigenvalue weighted by atomic mass is 32.2. The van der Waals surface area contributed by atoms with Gasteiger partial charge in [0, 0.05) is 25.7 Å². The van der Waals surface area contributed by atoms with Crippen LogP contribution in [0.4, 0.5) is 0 Å². The Morgan fingerprint density at radius 2 is 2.00 bits per heavy atom. The summed E-state index contributed by atoms with van der Waals surface area (Å²) in [4.78, 5) is 7.12. The molecule has 25 heavy (non-hydrogen) atoms. The molecule has 2 unspecified atom stereocenters. The average Bonchev–Trinajstić information content (AvgIpc) is 3.06. The molecule has 0 radical (unpaired) electrons. The highest BCUT2D eigenvalue weighted by Crippen LogP contribution is 2.27. The van der Waals surface area contributed by atoms with Gasteiger partial charge in [0.1, 0.15) is 5.82 Å². The third kappa shape index (κ3) is 4.04. The van der Waals surface area contributed by atoms with E-state index >= 15 is 0 Å². The lowest BCUT2D eigenvalue weighted by atomic mass is 9.92. The molecule has 1 aromatic carbocycles. The van der Waals surface area contributed by atoms with Crippen molar-refractivity contribution in [1.82, 2.24) is 19.2 Å². The molecule has 1 aliphatic rings. The Bertz CT molecular complexity index is 844. The first kappa shape index (κ1) is 18.4. The summed E-state index contributed by atoms with van der Waals surface area (Å²) in [7, 11) is -3.20. The van der Waals surface area contributed by atoms with Crippen molar-refractivity contribution in [3.63, 3.8) is 0 Å². The van der Waals surface area contributed by atoms with E-state index < -0.39 is 10.0 Å². The maximum atomic E-state index is 11.7. The summed E-state index contributed by atoms with van der Waals surface area (Å²) >= 11 is 0. The fourth-order valence-corrected chi connectivity index (χ4v) is 4.72. The van der Waals surface area contributed by atoms with Crippen molar-refractivity contribution in [3.05, 3.63) is 30.1 Å². The fraction of sp³-hybridized carbons (Fsp3) is 0.611. The van der Waals surface area contributed by atoms with Gasteiger partial charge in [0.05, 0.1) is 23.8 Å². The van der Waals surface area contributed by atoms with Crippen molar-refractivity contribution >= 4 is 21.1 Å². The van der Waals surface area contributed by atoms with Crippen LogP contribution in [0.5, 0.6) is 0 Å². The van der Waals surface area contributed by atoms with Gasteiger partial charge < -0.3 is 4.57 Å². The van der Waals surface area contributed by atoms with Crippen molar-refractivity contribution in [2.45, 2.75) is 39.9 Å². The molecule has 0 saturated carbocycles. The van der Waals surface area contributed by atoms with Crippen molar-refractivity contribution in [2.24, 2.45) is 11.8 Å². The number of fused-ring (bicyclic) bond motifs is 1. The second kappa shape index (κ2) is 7.05. The molecule has 7 heteroatoms. The number of likely N-dealkylation sites (tertiary alicyclic amines) is 1. The summed E-state index contributed by atoms with van der Waals surface area (Å²) in [5.41, 5.74) is 2.18. The van der Waals surface area contributed by atoms with Gasteiger partial charge in [0.2, 0.25) is 10.0 Å². The highest BCUT2D eigenvalue weighted by molar-refractivity contribution is 7.88. The smallest absolute Gasteiger partial charge is 0.209 e. The van der Waals surface area contributed by atoms with Crippen LogP contribution in [0.2, 0.25) is 0 Å². The van der Waals surface area contributed by atoms with Crippen LogP contribution in [0, 0.1) is 11.8 Å². The number of benzene rings is 1. The SMILES string of the molecule is CCn1c(CN2CC(NS(C)(=O)=O)C(C(C)C)C2)nc2ccccc21. The number of para-hydroxylation sites is 2. The first-order chi connectivity index (χ1) is 11.8. The Morgan fingerprint density at radius 1 is 1.28 bits per heavy atom. The lowest BCUT2D eigenvalue weighted by molar-refractivity contribution is 0.287. The van der Waals surface area contributed by atoms with Crippen LogP contribution < -0.4 is 4.72 Å². The summed E-state index contributed by atoms with van der Waals surface area (Å²) in [6, 6.07) is 8.16. The van der Waals surface area contributed by atoms with E-state index in [9.17, 15) is 8.42 Å². The number of imidazole rings is 1. The summed E-state index contributed by atoms with van der Waals surface area (Å²) < 4.78 is 28.5. The topological polar surface area (TPSA) is 67.2 Å². The zero-order valence-corrected chi connectivity index (χ0v) is 16.3. The molecule has 1 fully saturated rings. The van der Waals surface area contributed by atoms with Gasteiger partial charge in [-0.1, -0.05) is 26.0 Å². The molecule has 0 spiro atoms. The molecule has 3 rings (SSSR count). The fourth-order valence-electron chi connectivity index (χ4n) is 3.92. The van der Waals surface area contributed by atoms with Gasteiger partial charge in [-0.2, -0.15) is 0 Å². The van der Waals surface area contributed by atoms with Crippen molar-refractivity contribution in [2.75, 3.05) is 19.3 Å². The third-order valence-corrected chi connectivity index (χ3v) is 5.81. The van der Waals surface area contributed by atoms with E-state index in [1.807, 2.05) is 18.2 Å². The maximum absolute atomic E-state index is 11.7. The number of nitrogens with one attached hydrogen (secondary N) is 1. The molecule has 1 aromatic heterocycles. The van der Waals surface area contributed by atoms with Gasteiger partial charge in [-0.3, -0.25) is 4.90 Å².